The maximum atomic E-state index is 4.78. The molecule has 0 amide bonds. The fraction of sp³-hybridized carbons (Fsp3) is 0.278. The van der Waals surface area contributed by atoms with Crippen LogP contribution in [0.25, 0.3) is 22.3 Å². The lowest BCUT2D eigenvalue weighted by molar-refractivity contribution is 0.642. The van der Waals surface area contributed by atoms with Gasteiger partial charge < -0.3 is 14.8 Å². The maximum absolute atomic E-state index is 4.78. The lowest BCUT2D eigenvalue weighted by atomic mass is 10.2. The van der Waals surface area contributed by atoms with E-state index in [4.69, 9.17) is 4.98 Å². The Morgan fingerprint density at radius 1 is 1.00 bits per heavy atom. The molecule has 0 bridgehead atoms. The highest BCUT2D eigenvalue weighted by atomic mass is 15.3. The van der Waals surface area contributed by atoms with Crippen molar-refractivity contribution in [1.82, 2.24) is 34.7 Å². The molecule has 4 aromatic rings. The van der Waals surface area contributed by atoms with Crippen molar-refractivity contribution < 1.29 is 0 Å². The van der Waals surface area contributed by atoms with Crippen LogP contribution in [0.1, 0.15) is 0 Å². The Balaban J connectivity index is 1.34. The molecule has 0 aliphatic carbocycles. The number of aromatic amines is 1. The molecule has 4 aromatic heterocycles. The summed E-state index contributed by atoms with van der Waals surface area (Å²) in [5.41, 5.74) is 2.69. The van der Waals surface area contributed by atoms with Gasteiger partial charge in [0.1, 0.15) is 23.6 Å². The molecule has 1 fully saturated rings. The minimum atomic E-state index is 0.841. The lowest BCUT2D eigenvalue weighted by Gasteiger charge is -2.36. The first-order valence-corrected chi connectivity index (χ1v) is 8.87. The highest BCUT2D eigenvalue weighted by Gasteiger charge is 2.21. The Morgan fingerprint density at radius 2 is 1.85 bits per heavy atom. The maximum Gasteiger partial charge on any atom is 0.147 e. The van der Waals surface area contributed by atoms with Crippen molar-refractivity contribution in [2.45, 2.75) is 0 Å². The molecule has 0 spiro atoms. The number of hydrogen-bond acceptors (Lipinski definition) is 7. The summed E-state index contributed by atoms with van der Waals surface area (Å²) in [5.74, 6) is 1.88. The molecular formula is C18H19N9. The van der Waals surface area contributed by atoms with Crippen molar-refractivity contribution in [3.8, 4) is 11.3 Å². The average molecular weight is 361 g/mol. The third-order valence-corrected chi connectivity index (χ3v) is 4.86. The van der Waals surface area contributed by atoms with Gasteiger partial charge in [0.05, 0.1) is 29.7 Å². The minimum absolute atomic E-state index is 0.841. The summed E-state index contributed by atoms with van der Waals surface area (Å²) in [6.07, 6.45) is 10.9. The van der Waals surface area contributed by atoms with E-state index in [1.807, 2.05) is 37.9 Å². The molecule has 5 rings (SSSR count). The van der Waals surface area contributed by atoms with Crippen LogP contribution in [0.2, 0.25) is 0 Å². The van der Waals surface area contributed by atoms with Crippen LogP contribution in [0.4, 0.5) is 11.6 Å². The molecule has 0 atom stereocenters. The quantitative estimate of drug-likeness (QED) is 0.591. The van der Waals surface area contributed by atoms with Crippen LogP contribution in [-0.2, 0) is 7.05 Å². The zero-order valence-corrected chi connectivity index (χ0v) is 14.9. The predicted octanol–water partition coefficient (Wildman–Crippen LogP) is 1.47. The van der Waals surface area contributed by atoms with Gasteiger partial charge in [0.25, 0.3) is 0 Å². The Kier molecular flexibility index (Phi) is 3.70. The lowest BCUT2D eigenvalue weighted by Crippen LogP contribution is -2.47. The van der Waals surface area contributed by atoms with Gasteiger partial charge in [-0.15, -0.1) is 0 Å². The molecule has 0 saturated carbocycles. The summed E-state index contributed by atoms with van der Waals surface area (Å²) >= 11 is 0. The molecule has 27 heavy (non-hydrogen) atoms. The molecular weight excluding hydrogens is 342 g/mol. The van der Waals surface area contributed by atoms with Crippen LogP contribution in [0.15, 0.2) is 43.4 Å². The SMILES string of the molecule is Cn1cc(-c2cncc(N3CCN(c4ncnc5[nH]ccc45)CC3)n2)cn1. The molecule has 1 aliphatic rings. The molecule has 136 valence electrons. The van der Waals surface area contributed by atoms with Gasteiger partial charge in [0.2, 0.25) is 0 Å². The summed E-state index contributed by atoms with van der Waals surface area (Å²) in [7, 11) is 1.90. The molecule has 9 nitrogen and oxygen atoms in total. The van der Waals surface area contributed by atoms with Crippen molar-refractivity contribution in [3.63, 3.8) is 0 Å². The molecule has 1 N–H and O–H groups in total. The third-order valence-electron chi connectivity index (χ3n) is 4.86. The van der Waals surface area contributed by atoms with Crippen molar-refractivity contribution in [3.05, 3.63) is 43.4 Å². The number of aryl methyl sites for hydroxylation is 1. The zero-order chi connectivity index (χ0) is 18.2. The van der Waals surface area contributed by atoms with Gasteiger partial charge in [0, 0.05) is 51.2 Å². The Bertz CT molecular complexity index is 1080. The van der Waals surface area contributed by atoms with E-state index < -0.39 is 0 Å². The first kappa shape index (κ1) is 15.7. The number of H-pyrrole nitrogens is 1. The van der Waals surface area contributed by atoms with Crippen LogP contribution in [0, 0.1) is 0 Å². The number of fused-ring (bicyclic) bond motifs is 1. The van der Waals surface area contributed by atoms with E-state index in [9.17, 15) is 0 Å². The van der Waals surface area contributed by atoms with Crippen LogP contribution in [0.5, 0.6) is 0 Å². The summed E-state index contributed by atoms with van der Waals surface area (Å²) in [5, 5.41) is 5.27. The fourth-order valence-corrected chi connectivity index (χ4v) is 3.46. The van der Waals surface area contributed by atoms with E-state index in [1.54, 1.807) is 17.2 Å². The van der Waals surface area contributed by atoms with E-state index in [0.717, 1.165) is 60.1 Å². The van der Waals surface area contributed by atoms with E-state index in [2.05, 4.69) is 34.8 Å². The monoisotopic (exact) mass is 361 g/mol. The highest BCUT2D eigenvalue weighted by molar-refractivity contribution is 5.87. The Hall–Kier alpha value is -3.49. The molecule has 0 unspecified atom stereocenters. The number of nitrogens with one attached hydrogen (secondary N) is 1. The van der Waals surface area contributed by atoms with Crippen LogP contribution in [-0.4, -0.2) is 60.9 Å². The molecule has 1 saturated heterocycles. The second-order valence-corrected chi connectivity index (χ2v) is 6.58. The first-order chi connectivity index (χ1) is 13.3. The van der Waals surface area contributed by atoms with Crippen molar-refractivity contribution >= 4 is 22.7 Å². The third kappa shape index (κ3) is 2.86. The van der Waals surface area contributed by atoms with Crippen molar-refractivity contribution in [2.75, 3.05) is 36.0 Å². The number of aromatic nitrogens is 7. The number of piperazine rings is 1. The summed E-state index contributed by atoms with van der Waals surface area (Å²) < 4.78 is 1.77. The fourth-order valence-electron chi connectivity index (χ4n) is 3.46. The number of anilines is 2. The van der Waals surface area contributed by atoms with Gasteiger partial charge in [0.15, 0.2) is 0 Å². The van der Waals surface area contributed by atoms with E-state index in [1.165, 1.54) is 0 Å². The molecule has 1 aliphatic heterocycles. The summed E-state index contributed by atoms with van der Waals surface area (Å²) in [6, 6.07) is 2.03. The largest absolute Gasteiger partial charge is 0.352 e. The van der Waals surface area contributed by atoms with Crippen LogP contribution >= 0.6 is 0 Å². The standard InChI is InChI=1S/C18H19N9/c1-25-11-13(8-23-25)15-9-19-10-16(24-15)26-4-6-27(7-5-26)18-14-2-3-20-17(14)21-12-22-18/h2-3,8-12H,4-7H2,1H3,(H,20,21,22). The summed E-state index contributed by atoms with van der Waals surface area (Å²) in [4.78, 5) is 25.6. The Morgan fingerprint density at radius 3 is 2.67 bits per heavy atom. The van der Waals surface area contributed by atoms with E-state index in [0.29, 0.717) is 0 Å². The van der Waals surface area contributed by atoms with E-state index in [-0.39, 0.29) is 0 Å². The van der Waals surface area contributed by atoms with Gasteiger partial charge in [-0.2, -0.15) is 5.10 Å². The Labute approximate surface area is 155 Å². The second kappa shape index (κ2) is 6.35. The van der Waals surface area contributed by atoms with Gasteiger partial charge >= 0.3 is 0 Å². The smallest absolute Gasteiger partial charge is 0.147 e. The molecule has 9 heteroatoms. The van der Waals surface area contributed by atoms with Gasteiger partial charge in [-0.3, -0.25) is 9.67 Å². The predicted molar refractivity (Wildman–Crippen MR) is 103 cm³/mol. The number of nitrogens with zero attached hydrogens (tertiary/aromatic N) is 8. The van der Waals surface area contributed by atoms with Crippen LogP contribution < -0.4 is 9.80 Å². The summed E-state index contributed by atoms with van der Waals surface area (Å²) in [6.45, 7) is 3.47. The van der Waals surface area contributed by atoms with Gasteiger partial charge in [-0.1, -0.05) is 0 Å². The van der Waals surface area contributed by atoms with Gasteiger partial charge in [-0.25, -0.2) is 15.0 Å². The topological polar surface area (TPSA) is 91.7 Å². The molecule has 0 aromatic carbocycles. The minimum Gasteiger partial charge on any atom is -0.352 e. The van der Waals surface area contributed by atoms with Crippen LogP contribution in [0.3, 0.4) is 0 Å². The van der Waals surface area contributed by atoms with Gasteiger partial charge in [-0.05, 0) is 6.07 Å². The number of rotatable bonds is 3. The molecule has 0 radical (unpaired) electrons. The first-order valence-electron chi connectivity index (χ1n) is 8.87. The molecule has 5 heterocycles. The van der Waals surface area contributed by atoms with Crippen molar-refractivity contribution in [1.29, 1.82) is 0 Å². The zero-order valence-electron chi connectivity index (χ0n) is 14.9. The highest BCUT2D eigenvalue weighted by Crippen LogP contribution is 2.25. The van der Waals surface area contributed by atoms with E-state index >= 15 is 0 Å². The second-order valence-electron chi connectivity index (χ2n) is 6.58. The normalized spacial score (nSPS) is 14.9. The van der Waals surface area contributed by atoms with Crippen molar-refractivity contribution in [2.24, 2.45) is 7.05 Å². The average Bonchev–Trinajstić information content (AvgIpc) is 3.37. The number of hydrogen-bond donors (Lipinski definition) is 1.